The number of para-hydroxylation sites is 3. The minimum atomic E-state index is -0.817. The molecule has 0 radical (unpaired) electrons. The second-order valence-electron chi connectivity index (χ2n) is 17.3. The molecule has 0 unspecified atom stereocenters. The van der Waals surface area contributed by atoms with Crippen LogP contribution in [0.4, 0.5) is 17.1 Å². The predicted molar refractivity (Wildman–Crippen MR) is 256 cm³/mol. The molecule has 0 atom stereocenters. The van der Waals surface area contributed by atoms with Crippen LogP contribution in [-0.4, -0.2) is 20.5 Å². The van der Waals surface area contributed by atoms with Gasteiger partial charge in [0.2, 0.25) is 0 Å². The van der Waals surface area contributed by atoms with Crippen LogP contribution in [0.3, 0.4) is 0 Å². The zero-order chi connectivity index (χ0) is 42.5. The third kappa shape index (κ3) is 7.08. The van der Waals surface area contributed by atoms with E-state index >= 15 is 0 Å². The molecule has 63 heavy (non-hydrogen) atoms. The van der Waals surface area contributed by atoms with Crippen molar-refractivity contribution in [1.82, 2.24) is 9.55 Å². The molecule has 5 nitrogen and oxygen atoms in total. The molecule has 0 spiro atoms. The summed E-state index contributed by atoms with van der Waals surface area (Å²) in [5.74, 6) is 1.59. The van der Waals surface area contributed by atoms with Crippen LogP contribution in [0.5, 0.6) is 0 Å². The molecule has 316 valence electrons. The number of rotatable bonds is 10. The maximum absolute atomic E-state index is 5.15. The van der Waals surface area contributed by atoms with Gasteiger partial charge in [-0.1, -0.05) is 142 Å². The SMILES string of the molecule is CC(C)c1cccc(C(C)C)c1-c1ccnc(-n2c3[c-]c(C(c4[c-]c(N5[OH+]N(C(C)C)c6ccccc65)ccc4)(c4ccccc4)c4ccccc4)ccc3c3ccccc32)c1.[Pt]. The Labute approximate surface area is 385 Å². The van der Waals surface area contributed by atoms with Gasteiger partial charge in [-0.05, 0) is 94.8 Å². The standard InChI is InChI=1S/C57H50N4O.Pt/c1-38(2)47-26-18-27-48(39(3)4)56(47)41-33-34-58-55(35-41)59-51-28-14-13-25-49(51)50-32-31-45(37-54(50)59)57(42-19-9-7-10-20-42,43-21-11-8-12-22-43)44-23-17-24-46(36-44)61-53-30-16-15-29-52(53)60(62-61)40(5)6;/h7-35,38-40H,1-6H3;/q-2;/p+1. The molecule has 7 aromatic carbocycles. The number of hydrogen-bond acceptors (Lipinski definition) is 3. The fraction of sp³-hybridized carbons (Fsp3) is 0.175. The maximum Gasteiger partial charge on any atom is 0.145 e. The molecule has 9 aromatic rings. The second kappa shape index (κ2) is 17.1. The largest absolute Gasteiger partial charge is 0.319 e. The molecule has 0 saturated carbocycles. The van der Waals surface area contributed by atoms with Crippen LogP contribution >= 0.6 is 0 Å². The van der Waals surface area contributed by atoms with Crippen molar-refractivity contribution in [2.75, 3.05) is 10.1 Å². The van der Waals surface area contributed by atoms with E-state index in [-0.39, 0.29) is 27.1 Å². The Hall–Kier alpha value is -6.26. The average Bonchev–Trinajstić information content (AvgIpc) is 3.86. The zero-order valence-electron chi connectivity index (χ0n) is 36.5. The van der Waals surface area contributed by atoms with Gasteiger partial charge in [0.15, 0.2) is 0 Å². The topological polar surface area (TPSA) is 37.1 Å². The first kappa shape index (κ1) is 42.1. The predicted octanol–water partition coefficient (Wildman–Crippen LogP) is 14.3. The molecular formula is C57H51N4OPt-. The molecule has 0 fully saturated rings. The molecule has 10 rings (SSSR count). The van der Waals surface area contributed by atoms with Gasteiger partial charge in [0.05, 0.1) is 6.04 Å². The Kier molecular flexibility index (Phi) is 11.4. The van der Waals surface area contributed by atoms with Crippen molar-refractivity contribution in [2.24, 2.45) is 0 Å². The molecule has 3 heterocycles. The van der Waals surface area contributed by atoms with Gasteiger partial charge in [0.1, 0.15) is 17.2 Å². The van der Waals surface area contributed by atoms with Gasteiger partial charge in [-0.3, -0.25) is 0 Å². The molecule has 0 amide bonds. The van der Waals surface area contributed by atoms with Crippen LogP contribution in [0, 0.1) is 12.1 Å². The molecule has 2 aromatic heterocycles. The number of fused-ring (bicyclic) bond motifs is 4. The van der Waals surface area contributed by atoms with Crippen LogP contribution in [0.2, 0.25) is 0 Å². The summed E-state index contributed by atoms with van der Waals surface area (Å²) in [4.78, 5) is 10.3. The number of pyridine rings is 1. The number of hydroxylamine groups is 1. The van der Waals surface area contributed by atoms with Crippen molar-refractivity contribution in [3.05, 3.63) is 222 Å². The Balaban J connectivity index is 0.00000504. The van der Waals surface area contributed by atoms with Crippen molar-refractivity contribution in [3.8, 4) is 16.9 Å². The summed E-state index contributed by atoms with van der Waals surface area (Å²) in [6.45, 7) is 13.5. The van der Waals surface area contributed by atoms with E-state index in [9.17, 15) is 0 Å². The van der Waals surface area contributed by atoms with E-state index in [0.717, 1.165) is 66.9 Å². The van der Waals surface area contributed by atoms with Crippen molar-refractivity contribution in [2.45, 2.75) is 64.8 Å². The van der Waals surface area contributed by atoms with Gasteiger partial charge in [-0.25, -0.2) is 4.98 Å². The normalized spacial score (nSPS) is 12.8. The van der Waals surface area contributed by atoms with E-state index in [2.05, 4.69) is 233 Å². The monoisotopic (exact) mass is 1000 g/mol. The van der Waals surface area contributed by atoms with Gasteiger partial charge in [0.25, 0.3) is 0 Å². The Morgan fingerprint density at radius 1 is 0.556 bits per heavy atom. The van der Waals surface area contributed by atoms with Crippen LogP contribution in [-0.2, 0) is 26.5 Å². The fourth-order valence-corrected chi connectivity index (χ4v) is 9.63. The van der Waals surface area contributed by atoms with E-state index in [1.807, 2.05) is 11.3 Å². The molecule has 1 aliphatic heterocycles. The average molecular weight is 1000 g/mol. The molecule has 1 aliphatic rings. The Bertz CT molecular complexity index is 3000. The number of nitrogens with zero attached hydrogens (tertiary/aromatic N) is 4. The van der Waals surface area contributed by atoms with Crippen molar-refractivity contribution >= 4 is 38.9 Å². The molecule has 1 N–H and O–H groups in total. The van der Waals surface area contributed by atoms with Gasteiger partial charge in [-0.2, -0.15) is 35.3 Å². The van der Waals surface area contributed by atoms with Crippen molar-refractivity contribution in [1.29, 1.82) is 0 Å². The third-order valence-electron chi connectivity index (χ3n) is 12.5. The van der Waals surface area contributed by atoms with Crippen molar-refractivity contribution < 1.29 is 26.0 Å². The zero-order valence-corrected chi connectivity index (χ0v) is 38.8. The third-order valence-corrected chi connectivity index (χ3v) is 12.5. The number of hydrogen-bond donors (Lipinski definition) is 0. The minimum Gasteiger partial charge on any atom is -0.319 e. The van der Waals surface area contributed by atoms with Gasteiger partial charge in [0, 0.05) is 43.9 Å². The van der Waals surface area contributed by atoms with Crippen LogP contribution in [0.25, 0.3) is 38.8 Å². The smallest absolute Gasteiger partial charge is 0.145 e. The second-order valence-corrected chi connectivity index (χ2v) is 17.3. The summed E-state index contributed by atoms with van der Waals surface area (Å²) in [7, 11) is 0. The summed E-state index contributed by atoms with van der Waals surface area (Å²) in [5, 5.41) is 6.40. The van der Waals surface area contributed by atoms with Crippen LogP contribution in [0.1, 0.15) is 86.8 Å². The maximum atomic E-state index is 5.15. The summed E-state index contributed by atoms with van der Waals surface area (Å²) >= 11 is 0. The molecule has 0 saturated heterocycles. The first-order valence-corrected chi connectivity index (χ1v) is 21.8. The number of anilines is 3. The summed E-state index contributed by atoms with van der Waals surface area (Å²) in [6.07, 6.45) is 1.97. The summed E-state index contributed by atoms with van der Waals surface area (Å²) in [5.41, 5.74) is 13.6. The summed E-state index contributed by atoms with van der Waals surface area (Å²) in [6, 6.07) is 69.3. The molecule has 6 heteroatoms. The molecule has 0 aliphatic carbocycles. The van der Waals surface area contributed by atoms with Crippen LogP contribution < -0.4 is 10.1 Å². The summed E-state index contributed by atoms with van der Waals surface area (Å²) < 4.78 is 2.31. The van der Waals surface area contributed by atoms with E-state index in [4.69, 9.17) is 9.92 Å². The fourth-order valence-electron chi connectivity index (χ4n) is 9.63. The van der Waals surface area contributed by atoms with E-state index in [1.54, 1.807) is 0 Å². The van der Waals surface area contributed by atoms with Gasteiger partial charge < -0.3 is 4.57 Å². The molecular weight excluding hydrogens is 952 g/mol. The minimum absolute atomic E-state index is 0. The Morgan fingerprint density at radius 2 is 1.16 bits per heavy atom. The van der Waals surface area contributed by atoms with Gasteiger partial charge >= 0.3 is 0 Å². The molecule has 0 bridgehead atoms. The number of benzene rings is 7. The first-order valence-electron chi connectivity index (χ1n) is 21.8. The van der Waals surface area contributed by atoms with E-state index < -0.39 is 5.41 Å². The number of aromatic nitrogens is 2. The van der Waals surface area contributed by atoms with E-state index in [1.165, 1.54) is 22.3 Å². The van der Waals surface area contributed by atoms with Crippen LogP contribution in [0.15, 0.2) is 176 Å². The van der Waals surface area contributed by atoms with Gasteiger partial charge in [-0.15, -0.1) is 38.8 Å². The van der Waals surface area contributed by atoms with E-state index in [0.29, 0.717) is 11.8 Å². The Morgan fingerprint density at radius 3 is 1.83 bits per heavy atom. The quantitative estimate of drug-likeness (QED) is 0.0778. The first-order chi connectivity index (χ1) is 30.3. The van der Waals surface area contributed by atoms with Crippen molar-refractivity contribution in [3.63, 3.8) is 0 Å².